The van der Waals surface area contributed by atoms with E-state index in [9.17, 15) is 14.4 Å². The zero-order valence-corrected chi connectivity index (χ0v) is 24.1. The van der Waals surface area contributed by atoms with Crippen molar-refractivity contribution in [1.29, 1.82) is 0 Å². The number of fused-ring (bicyclic) bond motifs is 1. The van der Waals surface area contributed by atoms with E-state index in [4.69, 9.17) is 9.26 Å². The van der Waals surface area contributed by atoms with Crippen molar-refractivity contribution in [2.75, 3.05) is 0 Å². The summed E-state index contributed by atoms with van der Waals surface area (Å²) in [5.41, 5.74) is 1.38. The van der Waals surface area contributed by atoms with Crippen LogP contribution in [0.5, 0.6) is 0 Å². The van der Waals surface area contributed by atoms with E-state index in [-0.39, 0.29) is 35.2 Å². The summed E-state index contributed by atoms with van der Waals surface area (Å²) >= 11 is 0. The number of nitrogens with zero attached hydrogens (tertiary/aromatic N) is 6. The lowest BCUT2D eigenvalue weighted by atomic mass is 9.86. The first-order chi connectivity index (χ1) is 19.8. The summed E-state index contributed by atoms with van der Waals surface area (Å²) in [6.45, 7) is 8.57. The average Bonchev–Trinajstić information content (AvgIpc) is 3.33. The number of aromatic nitrogens is 6. The van der Waals surface area contributed by atoms with Gasteiger partial charge in [-0.1, -0.05) is 25.9 Å². The van der Waals surface area contributed by atoms with Gasteiger partial charge in [-0.05, 0) is 42.2 Å². The fourth-order valence-electron chi connectivity index (χ4n) is 4.66. The zero-order chi connectivity index (χ0) is 30.3. The minimum atomic E-state index is -0.727. The smallest absolute Gasteiger partial charge is 0.302 e. The van der Waals surface area contributed by atoms with Gasteiger partial charge in [-0.3, -0.25) is 14.4 Å². The summed E-state index contributed by atoms with van der Waals surface area (Å²) in [5.74, 6) is -0.600. The van der Waals surface area contributed by atoms with Crippen LogP contribution in [0.15, 0.2) is 56.8 Å². The van der Waals surface area contributed by atoms with E-state index in [1.54, 1.807) is 31.2 Å². The predicted molar refractivity (Wildman–Crippen MR) is 152 cm³/mol. The normalized spacial score (nSPS) is 11.7. The molecule has 0 aliphatic carbocycles. The molecule has 42 heavy (non-hydrogen) atoms. The van der Waals surface area contributed by atoms with Crippen LogP contribution in [0.4, 0.5) is 4.39 Å². The molecule has 0 amide bonds. The third-order valence-electron chi connectivity index (χ3n) is 6.82. The maximum absolute atomic E-state index is 15.4. The van der Waals surface area contributed by atoms with E-state index < -0.39 is 17.3 Å². The van der Waals surface area contributed by atoms with Gasteiger partial charge in [0.25, 0.3) is 11.1 Å². The van der Waals surface area contributed by atoms with Crippen LogP contribution in [0, 0.1) is 12.7 Å². The first-order valence-electron chi connectivity index (χ1n) is 13.2. The Morgan fingerprint density at radius 2 is 1.88 bits per heavy atom. The second-order valence-corrected chi connectivity index (χ2v) is 11.1. The topological polar surface area (TPSA) is 135 Å². The second-order valence-electron chi connectivity index (χ2n) is 11.1. The van der Waals surface area contributed by atoms with E-state index in [2.05, 4.69) is 20.3 Å². The van der Waals surface area contributed by atoms with Crippen molar-refractivity contribution in [3.05, 3.63) is 97.4 Å². The second kappa shape index (κ2) is 10.8. The van der Waals surface area contributed by atoms with Gasteiger partial charge in [0, 0.05) is 54.7 Å². The molecule has 1 aromatic carbocycles. The standard InChI is InChI=1S/C30H29FN6O5/c1-16-9-21(35-42-16)11-18-12-25(34-36(6)28(18)39)22-7-8-32-27(23(22)15-41-17(2)38)37-29(40)26-19(14-33-37)10-20(13-24(26)31)30(3,4)5/h7-10,12-14H,11,15H2,1-6H3. The van der Waals surface area contributed by atoms with Crippen LogP contribution in [0.2, 0.25) is 0 Å². The molecule has 0 fully saturated rings. The molecule has 5 rings (SSSR count). The van der Waals surface area contributed by atoms with Crippen LogP contribution in [0.25, 0.3) is 27.8 Å². The minimum absolute atomic E-state index is 0.0317. The Morgan fingerprint density at radius 1 is 1.12 bits per heavy atom. The van der Waals surface area contributed by atoms with Crippen LogP contribution < -0.4 is 11.1 Å². The van der Waals surface area contributed by atoms with Crippen LogP contribution in [0.3, 0.4) is 0 Å². The summed E-state index contributed by atoms with van der Waals surface area (Å²) in [7, 11) is 1.52. The highest BCUT2D eigenvalue weighted by atomic mass is 19.1. The Hall–Kier alpha value is -5.00. The maximum atomic E-state index is 15.4. The Balaban J connectivity index is 1.70. The summed E-state index contributed by atoms with van der Waals surface area (Å²) in [6.07, 6.45) is 3.03. The van der Waals surface area contributed by atoms with Gasteiger partial charge in [0.15, 0.2) is 5.82 Å². The average molecular weight is 573 g/mol. The van der Waals surface area contributed by atoms with Gasteiger partial charge in [-0.15, -0.1) is 0 Å². The van der Waals surface area contributed by atoms with Crippen molar-refractivity contribution in [3.8, 4) is 17.1 Å². The Morgan fingerprint density at radius 3 is 2.55 bits per heavy atom. The van der Waals surface area contributed by atoms with Crippen LogP contribution in [0.1, 0.15) is 55.8 Å². The molecule has 0 saturated heterocycles. The number of aryl methyl sites for hydroxylation is 2. The summed E-state index contributed by atoms with van der Waals surface area (Å²) in [4.78, 5) is 42.7. The number of pyridine rings is 1. The molecule has 0 atom stereocenters. The van der Waals surface area contributed by atoms with Crippen LogP contribution >= 0.6 is 0 Å². The lowest BCUT2D eigenvalue weighted by Gasteiger charge is -2.20. The van der Waals surface area contributed by atoms with Gasteiger partial charge in [0.1, 0.15) is 18.2 Å². The molecule has 0 spiro atoms. The molecule has 12 heteroatoms. The quantitative estimate of drug-likeness (QED) is 0.277. The Kier molecular flexibility index (Phi) is 7.31. The molecule has 0 aliphatic rings. The highest BCUT2D eigenvalue weighted by molar-refractivity contribution is 5.82. The highest BCUT2D eigenvalue weighted by Crippen LogP contribution is 2.29. The molecular formula is C30H29FN6O5. The van der Waals surface area contributed by atoms with Crippen LogP contribution in [-0.2, 0) is 35.0 Å². The third-order valence-corrected chi connectivity index (χ3v) is 6.82. The Bertz CT molecular complexity index is 1970. The number of carbonyl (C=O) groups excluding carboxylic acids is 1. The molecule has 0 radical (unpaired) electrons. The number of ether oxygens (including phenoxy) is 1. The van der Waals surface area contributed by atoms with E-state index >= 15 is 4.39 Å². The van der Waals surface area contributed by atoms with E-state index in [0.717, 1.165) is 10.2 Å². The fraction of sp³-hybridized carbons (Fsp3) is 0.300. The van der Waals surface area contributed by atoms with Gasteiger partial charge in [-0.2, -0.15) is 14.9 Å². The molecule has 0 N–H and O–H groups in total. The van der Waals surface area contributed by atoms with E-state index in [0.29, 0.717) is 39.2 Å². The zero-order valence-electron chi connectivity index (χ0n) is 24.1. The number of halogens is 1. The van der Waals surface area contributed by atoms with Crippen molar-refractivity contribution in [3.63, 3.8) is 0 Å². The number of benzene rings is 1. The van der Waals surface area contributed by atoms with E-state index in [1.165, 1.54) is 37.1 Å². The monoisotopic (exact) mass is 572 g/mol. The van der Waals surface area contributed by atoms with E-state index in [1.807, 2.05) is 20.8 Å². The fourth-order valence-corrected chi connectivity index (χ4v) is 4.66. The maximum Gasteiger partial charge on any atom is 0.302 e. The highest BCUT2D eigenvalue weighted by Gasteiger charge is 2.23. The number of carbonyl (C=O) groups is 1. The van der Waals surface area contributed by atoms with Crippen molar-refractivity contribution in [2.45, 2.75) is 53.1 Å². The molecule has 0 saturated carbocycles. The van der Waals surface area contributed by atoms with Crippen molar-refractivity contribution < 1.29 is 18.4 Å². The summed E-state index contributed by atoms with van der Waals surface area (Å²) < 4.78 is 28.0. The number of hydrogen-bond donors (Lipinski definition) is 0. The number of rotatable bonds is 6. The lowest BCUT2D eigenvalue weighted by Crippen LogP contribution is -2.26. The first kappa shape index (κ1) is 28.5. The molecule has 0 bridgehead atoms. The molecule has 11 nitrogen and oxygen atoms in total. The molecule has 0 aliphatic heterocycles. The van der Waals surface area contributed by atoms with Gasteiger partial charge < -0.3 is 9.26 Å². The molecular weight excluding hydrogens is 543 g/mol. The van der Waals surface area contributed by atoms with Gasteiger partial charge in [0.05, 0.1) is 23.0 Å². The molecule has 0 unspecified atom stereocenters. The van der Waals surface area contributed by atoms with Gasteiger partial charge >= 0.3 is 5.97 Å². The third kappa shape index (κ3) is 5.47. The minimum Gasteiger partial charge on any atom is -0.461 e. The number of hydrogen-bond acceptors (Lipinski definition) is 9. The number of esters is 1. The molecule has 4 heterocycles. The molecule has 5 aromatic rings. The molecule has 216 valence electrons. The first-order valence-corrected chi connectivity index (χ1v) is 13.2. The largest absolute Gasteiger partial charge is 0.461 e. The molecule has 4 aromatic heterocycles. The lowest BCUT2D eigenvalue weighted by molar-refractivity contribution is -0.142. The summed E-state index contributed by atoms with van der Waals surface area (Å²) in [6, 6.07) is 8.06. The van der Waals surface area contributed by atoms with Crippen molar-refractivity contribution in [2.24, 2.45) is 7.05 Å². The SMILES string of the molecule is CC(=O)OCc1c(-c2cc(Cc3cc(C)on3)c(=O)n(C)n2)ccnc1-n1ncc2cc(C(C)(C)C)cc(F)c2c1=O. The van der Waals surface area contributed by atoms with Crippen LogP contribution in [-0.4, -0.2) is 35.7 Å². The predicted octanol–water partition coefficient (Wildman–Crippen LogP) is 3.93. The Labute approximate surface area is 239 Å². The van der Waals surface area contributed by atoms with Gasteiger partial charge in [-0.25, -0.2) is 14.1 Å². The van der Waals surface area contributed by atoms with Crippen molar-refractivity contribution in [1.82, 2.24) is 29.7 Å². The van der Waals surface area contributed by atoms with Gasteiger partial charge in [0.2, 0.25) is 0 Å². The summed E-state index contributed by atoms with van der Waals surface area (Å²) in [5, 5.41) is 12.9. The van der Waals surface area contributed by atoms with Crippen molar-refractivity contribution >= 4 is 16.7 Å².